The van der Waals surface area contributed by atoms with Gasteiger partial charge < -0.3 is 4.90 Å². The Morgan fingerprint density at radius 2 is 0.870 bits per heavy atom. The first-order chi connectivity index (χ1) is 26.8. The van der Waals surface area contributed by atoms with Crippen LogP contribution >= 0.6 is 11.3 Å². The van der Waals surface area contributed by atoms with Crippen LogP contribution in [0.5, 0.6) is 0 Å². The smallest absolute Gasteiger partial charge is 0.0540 e. The summed E-state index contributed by atoms with van der Waals surface area (Å²) in [5, 5.41) is 5.12. The lowest BCUT2D eigenvalue weighted by Crippen LogP contribution is -2.12. The Hall–Kier alpha value is -6.74. The Labute approximate surface area is 319 Å². The van der Waals surface area contributed by atoms with E-state index in [1.54, 1.807) is 0 Å². The summed E-state index contributed by atoms with van der Waals surface area (Å²) in [6.07, 6.45) is 0. The van der Waals surface area contributed by atoms with Crippen molar-refractivity contribution in [1.29, 1.82) is 0 Å². The van der Waals surface area contributed by atoms with Crippen molar-refractivity contribution in [2.45, 2.75) is 0 Å². The second-order valence-electron chi connectivity index (χ2n) is 13.7. The third-order valence-corrected chi connectivity index (χ3v) is 11.7. The molecule has 0 bridgehead atoms. The van der Waals surface area contributed by atoms with Gasteiger partial charge in [-0.1, -0.05) is 170 Å². The van der Waals surface area contributed by atoms with E-state index in [-0.39, 0.29) is 0 Å². The maximum Gasteiger partial charge on any atom is 0.0540 e. The van der Waals surface area contributed by atoms with Crippen molar-refractivity contribution in [3.63, 3.8) is 0 Å². The molecule has 0 saturated heterocycles. The standard InChI is InChI=1S/C52H35NS/c1-2-15-38(16-3-1)44-20-6-9-25-49(44)53(50-26-10-7-21-45(50)47-23-13-24-48-46-22-8-11-27-51(46)54-52(47)48)43-32-30-37(31-33-43)40-18-12-19-41(34-40)42-29-28-36-14-4-5-17-39(36)35-42/h1-35H. The maximum atomic E-state index is 2.44. The van der Waals surface area contributed by atoms with Crippen LogP contribution in [0.3, 0.4) is 0 Å². The van der Waals surface area contributed by atoms with E-state index in [0.29, 0.717) is 0 Å². The van der Waals surface area contributed by atoms with Crippen molar-refractivity contribution in [1.82, 2.24) is 0 Å². The zero-order valence-corrected chi connectivity index (χ0v) is 30.4. The van der Waals surface area contributed by atoms with Gasteiger partial charge >= 0.3 is 0 Å². The summed E-state index contributed by atoms with van der Waals surface area (Å²) < 4.78 is 2.62. The molecule has 54 heavy (non-hydrogen) atoms. The van der Waals surface area contributed by atoms with Crippen LogP contribution in [0.1, 0.15) is 0 Å². The van der Waals surface area contributed by atoms with Crippen LogP contribution in [0.15, 0.2) is 212 Å². The first-order valence-electron chi connectivity index (χ1n) is 18.4. The average molecular weight is 706 g/mol. The lowest BCUT2D eigenvalue weighted by molar-refractivity contribution is 1.28. The van der Waals surface area contributed by atoms with Crippen LogP contribution in [-0.4, -0.2) is 0 Å². The molecule has 0 N–H and O–H groups in total. The molecular formula is C52H35NS. The van der Waals surface area contributed by atoms with E-state index in [1.165, 1.54) is 75.5 Å². The zero-order valence-electron chi connectivity index (χ0n) is 29.6. The van der Waals surface area contributed by atoms with Crippen LogP contribution in [0.2, 0.25) is 0 Å². The van der Waals surface area contributed by atoms with Gasteiger partial charge in [0, 0.05) is 42.6 Å². The highest BCUT2D eigenvalue weighted by Crippen LogP contribution is 2.48. The molecule has 0 fully saturated rings. The molecule has 10 aromatic rings. The van der Waals surface area contributed by atoms with Gasteiger partial charge in [0.25, 0.3) is 0 Å². The molecule has 10 rings (SSSR count). The normalized spacial score (nSPS) is 11.3. The number of anilines is 3. The molecule has 0 radical (unpaired) electrons. The Bertz CT molecular complexity index is 2940. The molecule has 0 aliphatic rings. The third-order valence-electron chi connectivity index (χ3n) is 10.5. The van der Waals surface area contributed by atoms with Crippen molar-refractivity contribution in [2.75, 3.05) is 4.90 Å². The lowest BCUT2D eigenvalue weighted by atomic mass is 9.96. The van der Waals surface area contributed by atoms with Gasteiger partial charge in [0.1, 0.15) is 0 Å². The Balaban J connectivity index is 1.12. The van der Waals surface area contributed by atoms with Crippen molar-refractivity contribution in [2.24, 2.45) is 0 Å². The van der Waals surface area contributed by atoms with Crippen LogP contribution in [-0.2, 0) is 0 Å². The number of para-hydroxylation sites is 2. The predicted octanol–water partition coefficient (Wildman–Crippen LogP) is 15.3. The molecule has 1 nitrogen and oxygen atoms in total. The van der Waals surface area contributed by atoms with Crippen molar-refractivity contribution < 1.29 is 0 Å². The van der Waals surface area contributed by atoms with E-state index < -0.39 is 0 Å². The van der Waals surface area contributed by atoms with Crippen molar-refractivity contribution >= 4 is 59.3 Å². The van der Waals surface area contributed by atoms with Gasteiger partial charge in [0.05, 0.1) is 11.4 Å². The molecule has 0 aliphatic carbocycles. The summed E-state index contributed by atoms with van der Waals surface area (Å²) in [7, 11) is 0. The zero-order chi connectivity index (χ0) is 35.8. The molecule has 2 heteroatoms. The van der Waals surface area contributed by atoms with Gasteiger partial charge in [0.15, 0.2) is 0 Å². The van der Waals surface area contributed by atoms with Gasteiger partial charge in [-0.15, -0.1) is 11.3 Å². The fraction of sp³-hybridized carbons (Fsp3) is 0. The number of benzene rings is 9. The molecule has 9 aromatic carbocycles. The van der Waals surface area contributed by atoms with E-state index in [4.69, 9.17) is 0 Å². The van der Waals surface area contributed by atoms with Gasteiger partial charge in [-0.2, -0.15) is 0 Å². The second kappa shape index (κ2) is 13.7. The minimum absolute atomic E-state index is 1.10. The van der Waals surface area contributed by atoms with E-state index >= 15 is 0 Å². The van der Waals surface area contributed by atoms with Crippen molar-refractivity contribution in [3.05, 3.63) is 212 Å². The molecule has 254 valence electrons. The highest BCUT2D eigenvalue weighted by Gasteiger charge is 2.22. The van der Waals surface area contributed by atoms with Crippen LogP contribution in [0, 0.1) is 0 Å². The topological polar surface area (TPSA) is 3.24 Å². The average Bonchev–Trinajstić information content (AvgIpc) is 3.64. The maximum absolute atomic E-state index is 2.44. The quantitative estimate of drug-likeness (QED) is 0.160. The number of fused-ring (bicyclic) bond motifs is 4. The Morgan fingerprint density at radius 3 is 1.70 bits per heavy atom. The van der Waals surface area contributed by atoms with E-state index in [1.807, 2.05) is 11.3 Å². The molecule has 0 unspecified atom stereocenters. The van der Waals surface area contributed by atoms with E-state index in [9.17, 15) is 0 Å². The van der Waals surface area contributed by atoms with E-state index in [2.05, 4.69) is 217 Å². The first kappa shape index (κ1) is 32.0. The number of nitrogens with zero attached hydrogens (tertiary/aromatic N) is 1. The van der Waals surface area contributed by atoms with Gasteiger partial charge in [-0.25, -0.2) is 0 Å². The molecule has 0 spiro atoms. The summed E-state index contributed by atoms with van der Waals surface area (Å²) in [6, 6.07) is 77.1. The summed E-state index contributed by atoms with van der Waals surface area (Å²) in [6.45, 7) is 0. The molecule has 1 heterocycles. The van der Waals surface area contributed by atoms with Crippen LogP contribution < -0.4 is 4.90 Å². The Kier molecular flexibility index (Phi) is 8.09. The van der Waals surface area contributed by atoms with Crippen molar-refractivity contribution in [3.8, 4) is 44.5 Å². The number of hydrogen-bond acceptors (Lipinski definition) is 2. The lowest BCUT2D eigenvalue weighted by Gasteiger charge is -2.30. The molecule has 0 atom stereocenters. The van der Waals surface area contributed by atoms with Gasteiger partial charge in [-0.05, 0) is 81.1 Å². The third kappa shape index (κ3) is 5.74. The van der Waals surface area contributed by atoms with Gasteiger partial charge in [-0.3, -0.25) is 0 Å². The monoisotopic (exact) mass is 705 g/mol. The largest absolute Gasteiger partial charge is 0.309 e. The summed E-state index contributed by atoms with van der Waals surface area (Å²) in [5.41, 5.74) is 13.0. The second-order valence-corrected chi connectivity index (χ2v) is 14.8. The molecule has 0 aliphatic heterocycles. The summed E-state index contributed by atoms with van der Waals surface area (Å²) in [5.74, 6) is 0. The first-order valence-corrected chi connectivity index (χ1v) is 19.2. The molecule has 0 amide bonds. The van der Waals surface area contributed by atoms with E-state index in [0.717, 1.165) is 17.1 Å². The molecule has 0 saturated carbocycles. The number of hydrogen-bond donors (Lipinski definition) is 0. The highest BCUT2D eigenvalue weighted by molar-refractivity contribution is 7.26. The predicted molar refractivity (Wildman–Crippen MR) is 233 cm³/mol. The summed E-state index contributed by atoms with van der Waals surface area (Å²) in [4.78, 5) is 2.44. The fourth-order valence-corrected chi connectivity index (χ4v) is 9.07. The minimum atomic E-state index is 1.10. The Morgan fingerprint density at radius 1 is 0.315 bits per heavy atom. The fourth-order valence-electron chi connectivity index (χ4n) is 7.84. The van der Waals surface area contributed by atoms with Crippen LogP contribution in [0.4, 0.5) is 17.1 Å². The molecular weight excluding hydrogens is 671 g/mol. The SMILES string of the molecule is c1ccc(-c2ccccc2N(c2ccc(-c3cccc(-c4ccc5ccccc5c4)c3)cc2)c2ccccc2-c2cccc3c2sc2ccccc23)cc1. The number of rotatable bonds is 7. The number of thiophene rings is 1. The highest BCUT2D eigenvalue weighted by atomic mass is 32.1. The van der Waals surface area contributed by atoms with Gasteiger partial charge in [0.2, 0.25) is 0 Å². The minimum Gasteiger partial charge on any atom is -0.309 e. The van der Waals surface area contributed by atoms with Crippen LogP contribution in [0.25, 0.3) is 75.5 Å². The summed E-state index contributed by atoms with van der Waals surface area (Å²) >= 11 is 1.88. The molecule has 1 aromatic heterocycles.